The molecule has 6 heteroatoms. The molecule has 1 amide bonds. The first kappa shape index (κ1) is 14.2. The first-order valence-corrected chi connectivity index (χ1v) is 4.79. The van der Waals surface area contributed by atoms with Crippen molar-refractivity contribution in [2.24, 2.45) is 0 Å². The summed E-state index contributed by atoms with van der Waals surface area (Å²) >= 11 is 0. The largest absolute Gasteiger partial charge is 0.471 e. The summed E-state index contributed by atoms with van der Waals surface area (Å²) in [6, 6.07) is 0. The lowest BCUT2D eigenvalue weighted by Crippen LogP contribution is -2.44. The van der Waals surface area contributed by atoms with Crippen LogP contribution in [0, 0.1) is 0 Å². The fourth-order valence-electron chi connectivity index (χ4n) is 1.08. The van der Waals surface area contributed by atoms with Crippen LogP contribution in [0.4, 0.5) is 13.2 Å². The maximum Gasteiger partial charge on any atom is 0.471 e. The second-order valence-corrected chi connectivity index (χ2v) is 3.59. The van der Waals surface area contributed by atoms with E-state index in [1.807, 2.05) is 0 Å². The molecule has 0 aromatic carbocycles. The molecule has 0 radical (unpaired) electrons. The number of amides is 1. The van der Waals surface area contributed by atoms with E-state index in [-0.39, 0.29) is 13.1 Å². The van der Waals surface area contributed by atoms with Gasteiger partial charge in [-0.25, -0.2) is 0 Å². The molecule has 0 saturated heterocycles. The number of likely N-dealkylation sites (N-methyl/N-ethyl adjacent to an activating group) is 1. The second-order valence-electron chi connectivity index (χ2n) is 3.59. The molecule has 0 fully saturated rings. The fourth-order valence-corrected chi connectivity index (χ4v) is 1.08. The Labute approximate surface area is 87.8 Å². The Bertz CT molecular complexity index is 204. The Morgan fingerprint density at radius 2 is 1.67 bits per heavy atom. The Morgan fingerprint density at radius 3 is 2.00 bits per heavy atom. The smallest absolute Gasteiger partial charge is 0.334 e. The predicted octanol–water partition coefficient (Wildman–Crippen LogP) is 1.35. The molecule has 90 valence electrons. The highest BCUT2D eigenvalue weighted by atomic mass is 19.4. The average molecular weight is 226 g/mol. The first-order chi connectivity index (χ1) is 6.79. The molecule has 0 bridgehead atoms. The van der Waals surface area contributed by atoms with E-state index in [0.29, 0.717) is 13.0 Å². The van der Waals surface area contributed by atoms with Gasteiger partial charge in [-0.15, -0.1) is 0 Å². The normalized spacial score (nSPS) is 11.9. The minimum Gasteiger partial charge on any atom is -0.334 e. The molecular weight excluding hydrogens is 209 g/mol. The quantitative estimate of drug-likeness (QED) is 0.706. The predicted molar refractivity (Wildman–Crippen MR) is 51.5 cm³/mol. The molecule has 0 spiro atoms. The maximum atomic E-state index is 12.1. The van der Waals surface area contributed by atoms with Crippen LogP contribution in [-0.2, 0) is 4.79 Å². The van der Waals surface area contributed by atoms with Gasteiger partial charge in [0, 0.05) is 19.6 Å². The molecule has 0 aliphatic carbocycles. The Balaban J connectivity index is 4.32. The van der Waals surface area contributed by atoms with Gasteiger partial charge >= 0.3 is 12.1 Å². The third-order valence-electron chi connectivity index (χ3n) is 1.84. The van der Waals surface area contributed by atoms with Crippen molar-refractivity contribution in [1.82, 2.24) is 9.80 Å². The summed E-state index contributed by atoms with van der Waals surface area (Å²) in [6.45, 7) is 2.43. The average Bonchev–Trinajstić information content (AvgIpc) is 2.09. The van der Waals surface area contributed by atoms with Crippen molar-refractivity contribution in [3.05, 3.63) is 0 Å². The number of carbonyl (C=O) groups is 1. The summed E-state index contributed by atoms with van der Waals surface area (Å²) in [4.78, 5) is 13.5. The van der Waals surface area contributed by atoms with Crippen molar-refractivity contribution >= 4 is 5.91 Å². The zero-order valence-electron chi connectivity index (χ0n) is 9.26. The van der Waals surface area contributed by atoms with Crippen molar-refractivity contribution in [3.8, 4) is 0 Å². The van der Waals surface area contributed by atoms with Crippen molar-refractivity contribution < 1.29 is 18.0 Å². The highest BCUT2D eigenvalue weighted by Crippen LogP contribution is 2.18. The SMILES string of the molecule is CCCN(CCN(C)C)C(=O)C(F)(F)F. The van der Waals surface area contributed by atoms with E-state index < -0.39 is 12.1 Å². The van der Waals surface area contributed by atoms with Crippen LogP contribution in [0.1, 0.15) is 13.3 Å². The van der Waals surface area contributed by atoms with Gasteiger partial charge in [0.2, 0.25) is 0 Å². The van der Waals surface area contributed by atoms with Crippen molar-refractivity contribution in [2.75, 3.05) is 33.7 Å². The molecule has 0 unspecified atom stereocenters. The maximum absolute atomic E-state index is 12.1. The van der Waals surface area contributed by atoms with Gasteiger partial charge in [0.25, 0.3) is 0 Å². The molecule has 0 aromatic heterocycles. The Hall–Kier alpha value is -0.780. The zero-order chi connectivity index (χ0) is 12.1. The van der Waals surface area contributed by atoms with E-state index in [0.717, 1.165) is 4.90 Å². The molecule has 0 atom stereocenters. The summed E-state index contributed by atoms with van der Waals surface area (Å²) in [6.07, 6.45) is -4.24. The molecule has 0 heterocycles. The third-order valence-corrected chi connectivity index (χ3v) is 1.84. The van der Waals surface area contributed by atoms with E-state index >= 15 is 0 Å². The molecule has 15 heavy (non-hydrogen) atoms. The fraction of sp³-hybridized carbons (Fsp3) is 0.889. The van der Waals surface area contributed by atoms with Gasteiger partial charge in [0.15, 0.2) is 0 Å². The van der Waals surface area contributed by atoms with Crippen molar-refractivity contribution in [3.63, 3.8) is 0 Å². The number of halogens is 3. The topological polar surface area (TPSA) is 23.6 Å². The van der Waals surface area contributed by atoms with Gasteiger partial charge in [-0.05, 0) is 20.5 Å². The van der Waals surface area contributed by atoms with Gasteiger partial charge in [0.05, 0.1) is 0 Å². The first-order valence-electron chi connectivity index (χ1n) is 4.79. The summed E-state index contributed by atoms with van der Waals surface area (Å²) in [5.74, 6) is -1.74. The van der Waals surface area contributed by atoms with Gasteiger partial charge in [0.1, 0.15) is 0 Å². The van der Waals surface area contributed by atoms with Crippen molar-refractivity contribution in [2.45, 2.75) is 19.5 Å². The number of carbonyl (C=O) groups excluding carboxylic acids is 1. The van der Waals surface area contributed by atoms with E-state index in [2.05, 4.69) is 0 Å². The molecule has 0 aliphatic rings. The van der Waals surface area contributed by atoms with E-state index in [1.54, 1.807) is 25.9 Å². The van der Waals surface area contributed by atoms with Crippen LogP contribution in [-0.4, -0.2) is 55.6 Å². The molecule has 0 saturated carbocycles. The summed E-state index contributed by atoms with van der Waals surface area (Å²) in [5.41, 5.74) is 0. The Morgan fingerprint density at radius 1 is 1.13 bits per heavy atom. The van der Waals surface area contributed by atoms with Gasteiger partial charge in [-0.2, -0.15) is 13.2 Å². The minimum absolute atomic E-state index is 0.110. The van der Waals surface area contributed by atoms with Crippen molar-refractivity contribution in [1.29, 1.82) is 0 Å². The highest BCUT2D eigenvalue weighted by Gasteiger charge is 2.41. The summed E-state index contributed by atoms with van der Waals surface area (Å²) in [7, 11) is 3.50. The number of nitrogens with zero attached hydrogens (tertiary/aromatic N) is 2. The van der Waals surface area contributed by atoms with Crippen LogP contribution in [0.2, 0.25) is 0 Å². The Kier molecular flexibility index (Phi) is 5.64. The second kappa shape index (κ2) is 5.95. The summed E-state index contributed by atoms with van der Waals surface area (Å²) < 4.78 is 36.4. The zero-order valence-corrected chi connectivity index (χ0v) is 9.26. The van der Waals surface area contributed by atoms with Crippen LogP contribution < -0.4 is 0 Å². The van der Waals surface area contributed by atoms with Crippen LogP contribution in [0.5, 0.6) is 0 Å². The highest BCUT2D eigenvalue weighted by molar-refractivity contribution is 5.81. The minimum atomic E-state index is -4.76. The van der Waals surface area contributed by atoms with E-state index in [4.69, 9.17) is 0 Å². The standard InChI is InChI=1S/C9H17F3N2O/c1-4-5-14(7-6-13(2)3)8(15)9(10,11)12/h4-7H2,1-3H3. The number of hydrogen-bond acceptors (Lipinski definition) is 2. The molecule has 0 aliphatic heterocycles. The lowest BCUT2D eigenvalue weighted by atomic mass is 10.3. The van der Waals surface area contributed by atoms with Crippen LogP contribution >= 0.6 is 0 Å². The third kappa shape index (κ3) is 5.61. The number of rotatable bonds is 5. The molecular formula is C9H17F3N2O. The molecule has 0 rings (SSSR count). The van der Waals surface area contributed by atoms with Gasteiger partial charge in [-0.1, -0.05) is 6.92 Å². The van der Waals surface area contributed by atoms with E-state index in [9.17, 15) is 18.0 Å². The lowest BCUT2D eigenvalue weighted by molar-refractivity contribution is -0.185. The summed E-state index contributed by atoms with van der Waals surface area (Å²) in [5, 5.41) is 0. The number of alkyl halides is 3. The lowest BCUT2D eigenvalue weighted by Gasteiger charge is -2.24. The van der Waals surface area contributed by atoms with Crippen LogP contribution in [0.25, 0.3) is 0 Å². The molecule has 3 nitrogen and oxygen atoms in total. The molecule has 0 aromatic rings. The van der Waals surface area contributed by atoms with E-state index in [1.165, 1.54) is 0 Å². The monoisotopic (exact) mass is 226 g/mol. The number of hydrogen-bond donors (Lipinski definition) is 0. The molecule has 0 N–H and O–H groups in total. The van der Waals surface area contributed by atoms with Gasteiger partial charge < -0.3 is 9.80 Å². The van der Waals surface area contributed by atoms with Gasteiger partial charge in [-0.3, -0.25) is 4.79 Å². The van der Waals surface area contributed by atoms with Crippen LogP contribution in [0.3, 0.4) is 0 Å². The van der Waals surface area contributed by atoms with Crippen LogP contribution in [0.15, 0.2) is 0 Å².